The van der Waals surface area contributed by atoms with Gasteiger partial charge in [0.25, 0.3) is 0 Å². The second-order valence-corrected chi connectivity index (χ2v) is 13.3. The van der Waals surface area contributed by atoms with Gasteiger partial charge >= 0.3 is 12.1 Å². The number of rotatable bonds is 13. The number of aromatic nitrogens is 1. The molecule has 0 spiro atoms. The quantitative estimate of drug-likeness (QED) is 0.191. The Hall–Kier alpha value is -5.47. The topological polar surface area (TPSA) is 179 Å². The number of anilines is 2. The Bertz CT molecular complexity index is 1900. The maximum Gasteiger partial charge on any atom is 0.410 e. The largest absolute Gasteiger partial charge is 0.477 e. The zero-order valence-corrected chi connectivity index (χ0v) is 29.6. The molecule has 2 heterocycles. The number of nitrogens with zero attached hydrogens (tertiary/aromatic N) is 3. The molecule has 5 rings (SSSR count). The number of carbonyl (C=O) groups excluding carboxylic acids is 4. The maximum absolute atomic E-state index is 15.2. The molecular weight excluding hydrogens is 675 g/mol. The van der Waals surface area contributed by atoms with E-state index in [9.17, 15) is 33.9 Å². The molecule has 1 saturated heterocycles. The predicted octanol–water partition coefficient (Wildman–Crippen LogP) is 3.85. The lowest BCUT2D eigenvalue weighted by Crippen LogP contribution is -2.57. The molecule has 0 bridgehead atoms. The van der Waals surface area contributed by atoms with Crippen LogP contribution in [0.1, 0.15) is 68.8 Å². The molecule has 1 aromatic heterocycles. The lowest BCUT2D eigenvalue weighted by molar-refractivity contribution is -0.150. The van der Waals surface area contributed by atoms with Crippen molar-refractivity contribution in [2.75, 3.05) is 42.9 Å². The number of aromatic carboxylic acids is 1. The van der Waals surface area contributed by atoms with Crippen LogP contribution in [0.25, 0.3) is 10.9 Å². The number of carboxylic acid groups (broad SMARTS) is 1. The number of pyridine rings is 1. The summed E-state index contributed by atoms with van der Waals surface area (Å²) in [4.78, 5) is 78.7. The van der Waals surface area contributed by atoms with Gasteiger partial charge < -0.3 is 40.2 Å². The second-order valence-electron chi connectivity index (χ2n) is 13.3. The lowest BCUT2D eigenvalue weighted by Gasteiger charge is -2.39. The Morgan fingerprint density at radius 2 is 1.69 bits per heavy atom. The summed E-state index contributed by atoms with van der Waals surface area (Å²) in [5.74, 6) is -3.22. The van der Waals surface area contributed by atoms with Crippen molar-refractivity contribution < 1.29 is 38.2 Å². The van der Waals surface area contributed by atoms with Crippen molar-refractivity contribution in [2.45, 2.75) is 72.1 Å². The molecule has 0 radical (unpaired) electrons. The van der Waals surface area contributed by atoms with Gasteiger partial charge in [-0.1, -0.05) is 31.9 Å². The molecule has 52 heavy (non-hydrogen) atoms. The van der Waals surface area contributed by atoms with E-state index in [1.165, 1.54) is 11.1 Å². The highest BCUT2D eigenvalue weighted by molar-refractivity contribution is 6.07. The fourth-order valence-corrected chi connectivity index (χ4v) is 6.60. The summed E-state index contributed by atoms with van der Waals surface area (Å²) in [6, 6.07) is 9.27. The monoisotopic (exact) mass is 720 g/mol. The number of carbonyl (C=O) groups is 5. The van der Waals surface area contributed by atoms with Crippen LogP contribution in [0.15, 0.2) is 47.4 Å². The number of aryl methyl sites for hydroxylation is 1. The smallest absolute Gasteiger partial charge is 0.410 e. The SMILES string of the molecule is CCCC(C)NC(=O)C1(C(=O)NCC(=O)Nc2ccc(COC(=O)N3CCN(c4cc5c(cc4F)c(=O)c(C(=O)O)cn5CC)CC3)cc2)CCC1. The van der Waals surface area contributed by atoms with E-state index in [0.717, 1.165) is 25.3 Å². The summed E-state index contributed by atoms with van der Waals surface area (Å²) >= 11 is 0. The molecule has 4 amide bonds. The first kappa shape index (κ1) is 37.8. The fraction of sp³-hybridized carbons (Fsp3) is 0.459. The van der Waals surface area contributed by atoms with E-state index in [-0.39, 0.29) is 49.3 Å². The van der Waals surface area contributed by atoms with Gasteiger partial charge in [0.2, 0.25) is 23.2 Å². The van der Waals surface area contributed by atoms with Crippen molar-refractivity contribution in [3.8, 4) is 0 Å². The van der Waals surface area contributed by atoms with Crippen molar-refractivity contribution >= 4 is 52.1 Å². The summed E-state index contributed by atoms with van der Waals surface area (Å²) in [6.45, 7) is 6.95. The van der Waals surface area contributed by atoms with Crippen LogP contribution in [0.3, 0.4) is 0 Å². The number of amides is 4. The van der Waals surface area contributed by atoms with Crippen LogP contribution in [0, 0.1) is 11.2 Å². The number of hydrogen-bond donors (Lipinski definition) is 4. The Morgan fingerprint density at radius 1 is 1.00 bits per heavy atom. The van der Waals surface area contributed by atoms with E-state index in [4.69, 9.17) is 4.74 Å². The van der Waals surface area contributed by atoms with Crippen LogP contribution in [-0.4, -0.2) is 83.1 Å². The minimum atomic E-state index is -1.38. The third-order valence-electron chi connectivity index (χ3n) is 9.78. The Kier molecular flexibility index (Phi) is 11.8. The summed E-state index contributed by atoms with van der Waals surface area (Å²) in [7, 11) is 0. The first-order valence-electron chi connectivity index (χ1n) is 17.6. The zero-order valence-electron chi connectivity index (χ0n) is 29.6. The standard InChI is InChI=1S/C37H45FN6O8/c1-4-7-23(3)40-35(50)37(12-6-13-37)34(49)39-20-31(45)41-25-10-8-24(9-11-25)22-52-36(51)44-16-14-43(15-17-44)30-19-29-26(18-28(30)38)32(46)27(33(47)48)21-42(29)5-2/h8-11,18-19,21,23H,4-7,12-17,20,22H2,1-3H3,(H,39,49)(H,40,50)(H,41,45)(H,47,48). The van der Waals surface area contributed by atoms with E-state index in [2.05, 4.69) is 16.0 Å². The molecule has 3 aromatic rings. The molecule has 1 atom stereocenters. The molecule has 1 saturated carbocycles. The zero-order chi connectivity index (χ0) is 37.6. The molecule has 14 nitrogen and oxygen atoms in total. The van der Waals surface area contributed by atoms with Crippen molar-refractivity contribution in [2.24, 2.45) is 5.41 Å². The highest BCUT2D eigenvalue weighted by Crippen LogP contribution is 2.41. The van der Waals surface area contributed by atoms with E-state index >= 15 is 4.39 Å². The molecule has 1 unspecified atom stereocenters. The number of ether oxygens (including phenoxy) is 1. The van der Waals surface area contributed by atoms with Crippen molar-refractivity contribution in [1.82, 2.24) is 20.1 Å². The average Bonchev–Trinajstić information content (AvgIpc) is 3.10. The number of piperazine rings is 1. The van der Waals surface area contributed by atoms with Gasteiger partial charge in [-0.2, -0.15) is 0 Å². The molecule has 1 aliphatic heterocycles. The van der Waals surface area contributed by atoms with E-state index in [1.807, 2.05) is 13.8 Å². The molecule has 2 fully saturated rings. The second kappa shape index (κ2) is 16.3. The minimum absolute atomic E-state index is 0.0129. The van der Waals surface area contributed by atoms with Crippen LogP contribution in [-0.2, 0) is 32.3 Å². The van der Waals surface area contributed by atoms with E-state index < -0.39 is 46.1 Å². The van der Waals surface area contributed by atoms with E-state index in [1.54, 1.807) is 46.7 Å². The minimum Gasteiger partial charge on any atom is -0.477 e. The van der Waals surface area contributed by atoms with Crippen LogP contribution >= 0.6 is 0 Å². The highest BCUT2D eigenvalue weighted by atomic mass is 19.1. The molecular formula is C37H45FN6O8. The predicted molar refractivity (Wildman–Crippen MR) is 192 cm³/mol. The van der Waals surface area contributed by atoms with Gasteiger partial charge in [-0.25, -0.2) is 14.0 Å². The van der Waals surface area contributed by atoms with Gasteiger partial charge in [-0.15, -0.1) is 0 Å². The summed E-state index contributed by atoms with van der Waals surface area (Å²) < 4.78 is 22.3. The van der Waals surface area contributed by atoms with Gasteiger partial charge in [-0.3, -0.25) is 19.2 Å². The van der Waals surface area contributed by atoms with Gasteiger partial charge in [0.05, 0.1) is 17.7 Å². The summed E-state index contributed by atoms with van der Waals surface area (Å²) in [6.07, 6.45) is 4.12. The number of halogens is 1. The first-order valence-corrected chi connectivity index (χ1v) is 17.6. The van der Waals surface area contributed by atoms with Gasteiger partial charge in [0.1, 0.15) is 23.4 Å². The number of carboxylic acids is 1. The normalized spacial score (nSPS) is 15.7. The molecule has 278 valence electrons. The van der Waals surface area contributed by atoms with E-state index in [0.29, 0.717) is 49.2 Å². The summed E-state index contributed by atoms with van der Waals surface area (Å²) in [5.41, 5.74) is -0.475. The Morgan fingerprint density at radius 3 is 2.29 bits per heavy atom. The third kappa shape index (κ3) is 8.19. The number of fused-ring (bicyclic) bond motifs is 1. The van der Waals surface area contributed by atoms with Crippen LogP contribution in [0.2, 0.25) is 0 Å². The van der Waals surface area contributed by atoms with Crippen molar-refractivity contribution in [1.29, 1.82) is 0 Å². The lowest BCUT2D eigenvalue weighted by atomic mass is 9.67. The highest BCUT2D eigenvalue weighted by Gasteiger charge is 2.51. The Labute approximate surface area is 300 Å². The molecule has 15 heteroatoms. The maximum atomic E-state index is 15.2. The van der Waals surface area contributed by atoms with Crippen LogP contribution in [0.4, 0.5) is 20.6 Å². The summed E-state index contributed by atoms with van der Waals surface area (Å²) in [5, 5.41) is 17.6. The van der Waals surface area contributed by atoms with Gasteiger partial charge in [0.15, 0.2) is 0 Å². The van der Waals surface area contributed by atoms with Crippen LogP contribution < -0.4 is 26.3 Å². The van der Waals surface area contributed by atoms with Crippen molar-refractivity contribution in [3.05, 3.63) is 69.8 Å². The van der Waals surface area contributed by atoms with Crippen molar-refractivity contribution in [3.63, 3.8) is 0 Å². The first-order chi connectivity index (χ1) is 24.9. The fourth-order valence-electron chi connectivity index (χ4n) is 6.60. The molecule has 2 aliphatic rings. The number of hydrogen-bond acceptors (Lipinski definition) is 8. The number of benzene rings is 2. The van der Waals surface area contributed by atoms with Gasteiger partial charge in [0, 0.05) is 56.0 Å². The molecule has 2 aromatic carbocycles. The molecule has 4 N–H and O–H groups in total. The molecule has 1 aliphatic carbocycles. The third-order valence-corrected chi connectivity index (χ3v) is 9.78. The van der Waals surface area contributed by atoms with Crippen LogP contribution in [0.5, 0.6) is 0 Å². The average molecular weight is 721 g/mol. The number of nitrogens with one attached hydrogen (secondary N) is 3. The Balaban J connectivity index is 1.08. The van der Waals surface area contributed by atoms with Gasteiger partial charge in [-0.05, 0) is 62.9 Å².